The molecular weight excluding hydrogens is 112 g/mol. The first-order valence-corrected chi connectivity index (χ1v) is 1.99. The van der Waals surface area contributed by atoms with Crippen LogP contribution < -0.4 is 0 Å². The van der Waals surface area contributed by atoms with Crippen LogP contribution in [0.3, 0.4) is 0 Å². The molecule has 40 valence electrons. The Morgan fingerprint density at radius 3 is 1.86 bits per heavy atom. The summed E-state index contributed by atoms with van der Waals surface area (Å²) in [6.45, 7) is 2.96. The van der Waals surface area contributed by atoms with Crippen molar-refractivity contribution in [3.05, 3.63) is 12.7 Å². The second-order valence-electron chi connectivity index (χ2n) is 0.542. The Morgan fingerprint density at radius 2 is 1.86 bits per heavy atom. The second-order valence-corrected chi connectivity index (χ2v) is 0.542. The molecule has 0 heterocycles. The van der Waals surface area contributed by atoms with Gasteiger partial charge in [-0.05, 0) is 0 Å². The van der Waals surface area contributed by atoms with Crippen LogP contribution in [0.1, 0.15) is 0 Å². The van der Waals surface area contributed by atoms with Gasteiger partial charge in [0.15, 0.2) is 0 Å². The molecule has 0 unspecified atom stereocenters. The first-order valence-electron chi connectivity index (χ1n) is 1.41. The molecule has 0 atom stereocenters. The van der Waals surface area contributed by atoms with Gasteiger partial charge in [-0.1, -0.05) is 6.58 Å². The van der Waals surface area contributed by atoms with Gasteiger partial charge in [0, 0.05) is 6.08 Å². The van der Waals surface area contributed by atoms with E-state index < -0.39 is 5.97 Å². The van der Waals surface area contributed by atoms with Gasteiger partial charge in [-0.15, -0.1) is 0 Å². The molecule has 0 aromatic carbocycles. The lowest BCUT2D eigenvalue weighted by Crippen LogP contribution is -1.82. The molecule has 0 aromatic heterocycles. The highest BCUT2D eigenvalue weighted by Crippen LogP contribution is 1.54. The van der Waals surface area contributed by atoms with Gasteiger partial charge in [-0.25, -0.2) is 4.79 Å². The van der Waals surface area contributed by atoms with Crippen LogP contribution in [0, 0.1) is 0 Å². The van der Waals surface area contributed by atoms with E-state index in [4.69, 9.17) is 9.57 Å². The maximum Gasteiger partial charge on any atom is 0.327 e. The third kappa shape index (κ3) is 36.2. The normalized spacial score (nSPS) is 5.14. The largest absolute Gasteiger partial charge is 0.478 e. The number of rotatable bonds is 1. The van der Waals surface area contributed by atoms with Crippen LogP contribution in [0.15, 0.2) is 12.7 Å². The van der Waals surface area contributed by atoms with Crippen LogP contribution >= 0.6 is 0 Å². The summed E-state index contributed by atoms with van der Waals surface area (Å²) in [5.74, 6) is -0.981. The maximum atomic E-state index is 9.25. The smallest absolute Gasteiger partial charge is 0.327 e. The quantitative estimate of drug-likeness (QED) is 0.363. The SMILES string of the molecule is C=CC(=O)O.O=[SiH2]. The van der Waals surface area contributed by atoms with Gasteiger partial charge >= 0.3 is 5.97 Å². The number of hydrogen-bond acceptors (Lipinski definition) is 2. The van der Waals surface area contributed by atoms with Crippen molar-refractivity contribution in [3.63, 3.8) is 0 Å². The van der Waals surface area contributed by atoms with Crippen molar-refractivity contribution in [1.82, 2.24) is 0 Å². The Balaban J connectivity index is 0. The van der Waals surface area contributed by atoms with Gasteiger partial charge in [-0.2, -0.15) is 0 Å². The number of carboxylic acids is 1. The lowest BCUT2D eigenvalue weighted by atomic mass is 10.7. The van der Waals surface area contributed by atoms with Gasteiger partial charge in [0.25, 0.3) is 0 Å². The molecule has 0 aliphatic rings. The third-order valence-corrected chi connectivity index (χ3v) is 0.175. The summed E-state index contributed by atoms with van der Waals surface area (Å²) in [6, 6.07) is 0. The predicted octanol–water partition coefficient (Wildman–Crippen LogP) is -0.778. The Morgan fingerprint density at radius 1 is 1.71 bits per heavy atom. The number of aliphatic carboxylic acids is 1. The second kappa shape index (κ2) is 8.97. The van der Waals surface area contributed by atoms with E-state index in [9.17, 15) is 4.79 Å². The van der Waals surface area contributed by atoms with E-state index in [-0.39, 0.29) is 0 Å². The molecule has 0 spiro atoms. The highest BCUT2D eigenvalue weighted by atomic mass is 28.1. The summed E-state index contributed by atoms with van der Waals surface area (Å²) in [7, 11) is 0.611. The summed E-state index contributed by atoms with van der Waals surface area (Å²) in [5.41, 5.74) is 0. The molecule has 0 saturated carbocycles. The average molecular weight is 118 g/mol. The molecule has 0 aliphatic carbocycles. The third-order valence-electron chi connectivity index (χ3n) is 0.175. The van der Waals surface area contributed by atoms with Gasteiger partial charge in [0.1, 0.15) is 0 Å². The summed E-state index contributed by atoms with van der Waals surface area (Å²) in [4.78, 5) is 9.25. The molecule has 1 N–H and O–H groups in total. The minimum atomic E-state index is -0.981. The summed E-state index contributed by atoms with van der Waals surface area (Å²) >= 11 is 0. The van der Waals surface area contributed by atoms with Crippen LogP contribution in [-0.2, 0) is 9.26 Å². The van der Waals surface area contributed by atoms with E-state index in [0.717, 1.165) is 6.08 Å². The molecular formula is C3H6O3Si. The predicted molar refractivity (Wildman–Crippen MR) is 27.1 cm³/mol. The molecule has 0 amide bonds. The van der Waals surface area contributed by atoms with E-state index >= 15 is 0 Å². The molecule has 0 radical (unpaired) electrons. The zero-order valence-corrected chi connectivity index (χ0v) is 5.17. The van der Waals surface area contributed by atoms with Crippen molar-refractivity contribution in [2.75, 3.05) is 0 Å². The van der Waals surface area contributed by atoms with Crippen LogP contribution in [0.5, 0.6) is 0 Å². The van der Waals surface area contributed by atoms with Crippen LogP contribution in [0.2, 0.25) is 0 Å². The van der Waals surface area contributed by atoms with E-state index in [1.54, 1.807) is 0 Å². The minimum absolute atomic E-state index is 0.611. The molecule has 0 rings (SSSR count). The zero-order chi connectivity index (χ0) is 6.28. The summed E-state index contributed by atoms with van der Waals surface area (Å²) in [6.07, 6.45) is 0.833. The lowest BCUT2D eigenvalue weighted by Gasteiger charge is -1.64. The standard InChI is InChI=1S/C3H4O2.H2OSi/c1-2-3(4)5;1-2/h2H,1H2,(H,4,5);2H2. The van der Waals surface area contributed by atoms with E-state index in [1.165, 1.54) is 0 Å². The molecule has 7 heavy (non-hydrogen) atoms. The van der Waals surface area contributed by atoms with Crippen molar-refractivity contribution < 1.29 is 14.4 Å². The fraction of sp³-hybridized carbons (Fsp3) is 0. The Hall–Kier alpha value is -0.773. The van der Waals surface area contributed by atoms with Crippen molar-refractivity contribution in [3.8, 4) is 0 Å². The Labute approximate surface area is 44.1 Å². The fourth-order valence-electron chi connectivity index (χ4n) is 0. The number of hydrogen-bond donors (Lipinski definition) is 1. The van der Waals surface area contributed by atoms with Crippen LogP contribution in [-0.4, -0.2) is 21.2 Å². The van der Waals surface area contributed by atoms with Crippen molar-refractivity contribution >= 4 is 16.1 Å². The molecule has 4 heteroatoms. The molecule has 0 bridgehead atoms. The van der Waals surface area contributed by atoms with E-state index in [2.05, 4.69) is 6.58 Å². The van der Waals surface area contributed by atoms with Crippen LogP contribution in [0.25, 0.3) is 0 Å². The summed E-state index contributed by atoms with van der Waals surface area (Å²) in [5, 5.41) is 7.60. The first kappa shape index (κ1) is 9.52. The number of carbonyl (C=O) groups is 1. The van der Waals surface area contributed by atoms with E-state index in [1.807, 2.05) is 0 Å². The first-order chi connectivity index (χ1) is 3.27. The van der Waals surface area contributed by atoms with Crippen molar-refractivity contribution in [2.24, 2.45) is 0 Å². The van der Waals surface area contributed by atoms with E-state index in [0.29, 0.717) is 10.1 Å². The fourth-order valence-corrected chi connectivity index (χ4v) is 0. The van der Waals surface area contributed by atoms with Crippen LogP contribution in [0.4, 0.5) is 0 Å². The van der Waals surface area contributed by atoms with Gasteiger partial charge in [-0.3, -0.25) is 0 Å². The molecule has 0 aliphatic heterocycles. The monoisotopic (exact) mass is 118 g/mol. The van der Waals surface area contributed by atoms with Gasteiger partial charge in [0.05, 0.1) is 0 Å². The molecule has 0 fully saturated rings. The van der Waals surface area contributed by atoms with Crippen molar-refractivity contribution in [1.29, 1.82) is 0 Å². The van der Waals surface area contributed by atoms with Gasteiger partial charge in [0.2, 0.25) is 10.1 Å². The molecule has 0 saturated heterocycles. The minimum Gasteiger partial charge on any atom is -0.478 e. The molecule has 0 aromatic rings. The average Bonchev–Trinajstić information content (AvgIpc) is 1.73. The highest BCUT2D eigenvalue weighted by molar-refractivity contribution is 5.85. The maximum absolute atomic E-state index is 9.25. The zero-order valence-electron chi connectivity index (χ0n) is 3.76. The summed E-state index contributed by atoms with van der Waals surface area (Å²) < 4.78 is 8.28. The Kier molecular flexibility index (Phi) is 12.2. The van der Waals surface area contributed by atoms with Gasteiger partial charge < -0.3 is 9.57 Å². The van der Waals surface area contributed by atoms with Crippen molar-refractivity contribution in [2.45, 2.75) is 0 Å². The number of carboxylic acid groups (broad SMARTS) is 1. The topological polar surface area (TPSA) is 54.4 Å². The highest BCUT2D eigenvalue weighted by Gasteiger charge is 1.73. The lowest BCUT2D eigenvalue weighted by molar-refractivity contribution is -0.131. The molecule has 3 nitrogen and oxygen atoms in total. The Bertz CT molecular complexity index is 70.6.